The fourth-order valence-corrected chi connectivity index (χ4v) is 0.555. The average molecular weight is 172 g/mol. The van der Waals surface area contributed by atoms with E-state index in [-0.39, 0.29) is 17.9 Å². The third kappa shape index (κ3) is 4.71. The summed E-state index contributed by atoms with van der Waals surface area (Å²) in [6, 6.07) is -0.381. The summed E-state index contributed by atoms with van der Waals surface area (Å²) in [6.07, 6.45) is 0. The molecule has 70 valence electrons. The summed E-state index contributed by atoms with van der Waals surface area (Å²) in [5.74, 6) is -0.420. The molecule has 12 heavy (non-hydrogen) atoms. The number of carbonyl (C=O) groups excluding carboxylic acids is 2. The maximum atomic E-state index is 11.0. The minimum Gasteiger partial charge on any atom is -0.336 e. The minimum absolute atomic E-state index is 0.0463. The molecule has 0 aliphatic rings. The number of rotatable bonds is 2. The topological polar surface area (TPSA) is 58.2 Å². The molecule has 0 bridgehead atoms. The maximum Gasteiger partial charge on any atom is 0.321 e. The first-order valence-corrected chi connectivity index (χ1v) is 4.04. The van der Waals surface area contributed by atoms with Crippen molar-refractivity contribution in [1.82, 2.24) is 10.6 Å². The van der Waals surface area contributed by atoms with E-state index in [0.29, 0.717) is 0 Å². The van der Waals surface area contributed by atoms with Gasteiger partial charge in [0.15, 0.2) is 0 Å². The van der Waals surface area contributed by atoms with Crippen LogP contribution in [-0.2, 0) is 4.79 Å². The van der Waals surface area contributed by atoms with Gasteiger partial charge in [-0.05, 0) is 13.8 Å². The molecule has 0 aromatic carbocycles. The number of hydrogen-bond donors (Lipinski definition) is 2. The van der Waals surface area contributed by atoms with Crippen molar-refractivity contribution in [2.45, 2.75) is 33.7 Å². The molecule has 0 aromatic rings. The van der Waals surface area contributed by atoms with Crippen LogP contribution in [0.4, 0.5) is 4.79 Å². The van der Waals surface area contributed by atoms with Gasteiger partial charge in [-0.3, -0.25) is 10.1 Å². The Morgan fingerprint density at radius 1 is 1.08 bits per heavy atom. The lowest BCUT2D eigenvalue weighted by Crippen LogP contribution is -2.43. The lowest BCUT2D eigenvalue weighted by atomic mass is 10.2. The van der Waals surface area contributed by atoms with Crippen molar-refractivity contribution in [3.63, 3.8) is 0 Å². The van der Waals surface area contributed by atoms with Gasteiger partial charge in [-0.25, -0.2) is 4.79 Å². The van der Waals surface area contributed by atoms with Crippen LogP contribution in [0.15, 0.2) is 0 Å². The number of imide groups is 1. The quantitative estimate of drug-likeness (QED) is 0.649. The van der Waals surface area contributed by atoms with Crippen LogP contribution in [-0.4, -0.2) is 18.0 Å². The van der Waals surface area contributed by atoms with Gasteiger partial charge in [-0.2, -0.15) is 0 Å². The molecule has 0 aromatic heterocycles. The van der Waals surface area contributed by atoms with Gasteiger partial charge in [-0.1, -0.05) is 13.8 Å². The van der Waals surface area contributed by atoms with Crippen LogP contribution in [0.2, 0.25) is 0 Å². The Morgan fingerprint density at radius 2 is 1.58 bits per heavy atom. The predicted molar refractivity (Wildman–Crippen MR) is 46.6 cm³/mol. The van der Waals surface area contributed by atoms with Crippen LogP contribution in [0.5, 0.6) is 0 Å². The zero-order valence-corrected chi connectivity index (χ0v) is 7.97. The molecule has 0 radical (unpaired) electrons. The molecular formula is C8H16N2O2. The van der Waals surface area contributed by atoms with Crippen molar-refractivity contribution >= 4 is 11.9 Å². The van der Waals surface area contributed by atoms with Crippen molar-refractivity contribution in [1.29, 1.82) is 0 Å². The van der Waals surface area contributed by atoms with Gasteiger partial charge in [-0.15, -0.1) is 0 Å². The molecule has 4 heteroatoms. The number of hydrogen-bond acceptors (Lipinski definition) is 2. The summed E-state index contributed by atoms with van der Waals surface area (Å²) in [7, 11) is 0. The highest BCUT2D eigenvalue weighted by Gasteiger charge is 2.10. The summed E-state index contributed by atoms with van der Waals surface area (Å²) in [4.78, 5) is 21.9. The Bertz CT molecular complexity index is 176. The first kappa shape index (κ1) is 10.9. The molecule has 0 atom stereocenters. The van der Waals surface area contributed by atoms with Gasteiger partial charge in [0.2, 0.25) is 5.91 Å². The molecule has 2 N–H and O–H groups in total. The smallest absolute Gasteiger partial charge is 0.321 e. The van der Waals surface area contributed by atoms with Crippen LogP contribution >= 0.6 is 0 Å². The van der Waals surface area contributed by atoms with Crippen LogP contribution in [0, 0.1) is 5.92 Å². The normalized spacial score (nSPS) is 10.2. The van der Waals surface area contributed by atoms with Crippen molar-refractivity contribution in [2.75, 3.05) is 0 Å². The first-order valence-electron chi connectivity index (χ1n) is 4.04. The van der Waals surface area contributed by atoms with Crippen molar-refractivity contribution < 1.29 is 9.59 Å². The van der Waals surface area contributed by atoms with E-state index in [2.05, 4.69) is 10.6 Å². The molecule has 0 saturated heterocycles. The highest BCUT2D eigenvalue weighted by atomic mass is 16.2. The van der Waals surface area contributed by atoms with Crippen LogP contribution in [0.3, 0.4) is 0 Å². The van der Waals surface area contributed by atoms with Crippen LogP contribution < -0.4 is 10.6 Å². The van der Waals surface area contributed by atoms with E-state index >= 15 is 0 Å². The number of amides is 3. The molecule has 0 aliphatic carbocycles. The summed E-state index contributed by atoms with van der Waals surface area (Å²) in [5, 5.41) is 4.78. The molecular weight excluding hydrogens is 156 g/mol. The lowest BCUT2D eigenvalue weighted by Gasteiger charge is -2.10. The summed E-state index contributed by atoms with van der Waals surface area (Å²) >= 11 is 0. The Balaban J connectivity index is 3.77. The van der Waals surface area contributed by atoms with Crippen molar-refractivity contribution in [2.24, 2.45) is 5.92 Å². The third-order valence-corrected chi connectivity index (χ3v) is 1.18. The first-order chi connectivity index (χ1) is 5.43. The maximum absolute atomic E-state index is 11.0. The Kier molecular flexibility index (Phi) is 4.33. The second kappa shape index (κ2) is 4.74. The van der Waals surface area contributed by atoms with Gasteiger partial charge in [0.25, 0.3) is 0 Å². The Hall–Kier alpha value is -1.06. The van der Waals surface area contributed by atoms with Gasteiger partial charge < -0.3 is 5.32 Å². The zero-order valence-electron chi connectivity index (χ0n) is 7.97. The van der Waals surface area contributed by atoms with Crippen LogP contribution in [0.1, 0.15) is 27.7 Å². The average Bonchev–Trinajstić information content (AvgIpc) is 1.84. The molecule has 0 fully saturated rings. The largest absolute Gasteiger partial charge is 0.336 e. The van der Waals surface area contributed by atoms with E-state index in [4.69, 9.17) is 0 Å². The highest BCUT2D eigenvalue weighted by Crippen LogP contribution is 1.89. The number of carbonyl (C=O) groups is 2. The summed E-state index contributed by atoms with van der Waals surface area (Å²) < 4.78 is 0. The van der Waals surface area contributed by atoms with E-state index in [1.165, 1.54) is 0 Å². The molecule has 0 rings (SSSR count). The summed E-state index contributed by atoms with van der Waals surface area (Å²) in [5.41, 5.74) is 0. The molecule has 3 amide bonds. The number of nitrogens with one attached hydrogen (secondary N) is 2. The third-order valence-electron chi connectivity index (χ3n) is 1.18. The monoisotopic (exact) mass is 172 g/mol. The van der Waals surface area contributed by atoms with E-state index in [9.17, 15) is 9.59 Å². The fraction of sp³-hybridized carbons (Fsp3) is 0.750. The van der Waals surface area contributed by atoms with E-state index in [0.717, 1.165) is 0 Å². The molecule has 0 spiro atoms. The van der Waals surface area contributed by atoms with Gasteiger partial charge >= 0.3 is 6.03 Å². The Labute approximate surface area is 72.7 Å². The van der Waals surface area contributed by atoms with Gasteiger partial charge in [0, 0.05) is 12.0 Å². The zero-order chi connectivity index (χ0) is 9.72. The Morgan fingerprint density at radius 3 is 1.92 bits per heavy atom. The predicted octanol–water partition coefficient (Wildman–Crippen LogP) is 0.877. The molecule has 0 saturated carbocycles. The van der Waals surface area contributed by atoms with E-state index in [1.807, 2.05) is 13.8 Å². The molecule has 0 heterocycles. The standard InChI is InChI=1S/C8H16N2O2/c1-5(2)7(11)10-8(12)9-6(3)4/h5-6H,1-4H3,(H2,9,10,11,12). The second-order valence-electron chi connectivity index (χ2n) is 3.27. The van der Waals surface area contributed by atoms with Gasteiger partial charge in [0.1, 0.15) is 0 Å². The fourth-order valence-electron chi connectivity index (χ4n) is 0.555. The second-order valence-corrected chi connectivity index (χ2v) is 3.27. The lowest BCUT2D eigenvalue weighted by molar-refractivity contribution is -0.122. The van der Waals surface area contributed by atoms with Crippen LogP contribution in [0.25, 0.3) is 0 Å². The SMILES string of the molecule is CC(C)NC(=O)NC(=O)C(C)C. The van der Waals surface area contributed by atoms with E-state index < -0.39 is 6.03 Å². The highest BCUT2D eigenvalue weighted by molar-refractivity contribution is 5.95. The molecule has 0 aliphatic heterocycles. The number of urea groups is 1. The summed E-state index contributed by atoms with van der Waals surface area (Å²) in [6.45, 7) is 7.13. The van der Waals surface area contributed by atoms with Gasteiger partial charge in [0.05, 0.1) is 0 Å². The molecule has 0 unspecified atom stereocenters. The minimum atomic E-state index is -0.427. The van der Waals surface area contributed by atoms with E-state index in [1.54, 1.807) is 13.8 Å². The van der Waals surface area contributed by atoms with Crippen molar-refractivity contribution in [3.8, 4) is 0 Å². The molecule has 4 nitrogen and oxygen atoms in total. The van der Waals surface area contributed by atoms with Crippen molar-refractivity contribution in [3.05, 3.63) is 0 Å².